The van der Waals surface area contributed by atoms with Crippen molar-refractivity contribution in [2.45, 2.75) is 0 Å². The quantitative estimate of drug-likeness (QED) is 0.694. The highest BCUT2D eigenvalue weighted by Crippen LogP contribution is 2.32. The Hall–Kier alpha value is -2.97. The normalized spacial score (nSPS) is 16.3. The van der Waals surface area contributed by atoms with Crippen LogP contribution in [0, 0.1) is 0 Å². The maximum Gasteiger partial charge on any atom is 0.341 e. The van der Waals surface area contributed by atoms with Gasteiger partial charge in [-0.1, -0.05) is 17.7 Å². The molecular weight excluding hydrogens is 404 g/mol. The molecule has 9 heteroatoms. The highest BCUT2D eigenvalue weighted by molar-refractivity contribution is 8.18. The van der Waals surface area contributed by atoms with Crippen LogP contribution >= 0.6 is 23.4 Å². The van der Waals surface area contributed by atoms with Gasteiger partial charge in [-0.3, -0.25) is 4.79 Å². The second-order valence-electron chi connectivity index (χ2n) is 5.55. The van der Waals surface area contributed by atoms with Gasteiger partial charge in [-0.05, 0) is 59.8 Å². The summed E-state index contributed by atoms with van der Waals surface area (Å²) in [5.74, 6) is -0.669. The predicted molar refractivity (Wildman–Crippen MR) is 108 cm³/mol. The van der Waals surface area contributed by atoms with Gasteiger partial charge in [-0.15, -0.1) is 0 Å². The van der Waals surface area contributed by atoms with Crippen LogP contribution in [0.4, 0.5) is 5.69 Å². The SMILES string of the molecule is COc1cc(/C=C2\SC(=Nc3ccc(Cl)cc3)NC2=O)ccc1OCC(=O)O. The number of aliphatic imine (C=N–C) groups is 1. The molecule has 0 spiro atoms. The van der Waals surface area contributed by atoms with Crippen molar-refractivity contribution in [2.75, 3.05) is 13.7 Å². The summed E-state index contributed by atoms with van der Waals surface area (Å²) in [6, 6.07) is 11.9. The van der Waals surface area contributed by atoms with Crippen LogP contribution in [0.25, 0.3) is 6.08 Å². The number of ether oxygens (including phenoxy) is 2. The summed E-state index contributed by atoms with van der Waals surface area (Å²) >= 11 is 7.07. The number of amidine groups is 1. The van der Waals surface area contributed by atoms with Gasteiger partial charge >= 0.3 is 5.97 Å². The molecule has 2 aromatic rings. The third-order valence-corrected chi connectivity index (χ3v) is 4.71. The number of carboxylic acid groups (broad SMARTS) is 1. The molecule has 2 aromatic carbocycles. The van der Waals surface area contributed by atoms with Gasteiger partial charge in [0.1, 0.15) is 0 Å². The van der Waals surface area contributed by atoms with Crippen LogP contribution in [0.15, 0.2) is 52.4 Å². The van der Waals surface area contributed by atoms with E-state index in [0.29, 0.717) is 37.8 Å². The number of methoxy groups -OCH3 is 1. The predicted octanol–water partition coefficient (Wildman–Crippen LogP) is 3.70. The Morgan fingerprint density at radius 2 is 2.00 bits per heavy atom. The van der Waals surface area contributed by atoms with E-state index in [2.05, 4.69) is 10.3 Å². The zero-order valence-corrected chi connectivity index (χ0v) is 16.2. The molecule has 1 fully saturated rings. The van der Waals surface area contributed by atoms with Crippen LogP contribution in [-0.4, -0.2) is 35.9 Å². The van der Waals surface area contributed by atoms with Crippen molar-refractivity contribution in [1.29, 1.82) is 0 Å². The van der Waals surface area contributed by atoms with Gasteiger partial charge in [0.15, 0.2) is 23.3 Å². The smallest absolute Gasteiger partial charge is 0.341 e. The van der Waals surface area contributed by atoms with Crippen molar-refractivity contribution in [1.82, 2.24) is 5.32 Å². The largest absolute Gasteiger partial charge is 0.493 e. The average molecular weight is 419 g/mol. The van der Waals surface area contributed by atoms with Crippen LogP contribution in [-0.2, 0) is 9.59 Å². The lowest BCUT2D eigenvalue weighted by molar-refractivity contribution is -0.139. The van der Waals surface area contributed by atoms with Gasteiger partial charge in [0, 0.05) is 5.02 Å². The van der Waals surface area contributed by atoms with Crippen molar-refractivity contribution in [3.8, 4) is 11.5 Å². The summed E-state index contributed by atoms with van der Waals surface area (Å²) in [5, 5.41) is 12.5. The van der Waals surface area contributed by atoms with E-state index in [0.717, 1.165) is 0 Å². The molecule has 1 aliphatic rings. The molecule has 0 bridgehead atoms. The molecule has 0 saturated carbocycles. The fraction of sp³-hybridized carbons (Fsp3) is 0.105. The van der Waals surface area contributed by atoms with E-state index in [1.807, 2.05) is 0 Å². The number of carbonyl (C=O) groups is 2. The van der Waals surface area contributed by atoms with Crippen LogP contribution in [0.3, 0.4) is 0 Å². The molecule has 1 aliphatic heterocycles. The number of hydrogen-bond donors (Lipinski definition) is 2. The number of hydrogen-bond acceptors (Lipinski definition) is 6. The zero-order valence-electron chi connectivity index (χ0n) is 14.6. The molecule has 0 radical (unpaired) electrons. The van der Waals surface area contributed by atoms with Crippen LogP contribution < -0.4 is 14.8 Å². The van der Waals surface area contributed by atoms with Crippen molar-refractivity contribution in [3.63, 3.8) is 0 Å². The third kappa shape index (κ3) is 5.05. The highest BCUT2D eigenvalue weighted by atomic mass is 35.5. The average Bonchev–Trinajstić information content (AvgIpc) is 3.01. The Kier molecular flexibility index (Phi) is 6.23. The van der Waals surface area contributed by atoms with Gasteiger partial charge in [0.25, 0.3) is 5.91 Å². The fourth-order valence-electron chi connectivity index (χ4n) is 2.30. The van der Waals surface area contributed by atoms with E-state index in [1.165, 1.54) is 18.9 Å². The summed E-state index contributed by atoms with van der Waals surface area (Å²) < 4.78 is 10.4. The first-order valence-electron chi connectivity index (χ1n) is 8.02. The molecule has 2 N–H and O–H groups in total. The summed E-state index contributed by atoms with van der Waals surface area (Å²) in [7, 11) is 1.45. The maximum atomic E-state index is 12.2. The van der Waals surface area contributed by atoms with Crippen LogP contribution in [0.2, 0.25) is 5.02 Å². The third-order valence-electron chi connectivity index (χ3n) is 3.54. The Morgan fingerprint density at radius 1 is 1.25 bits per heavy atom. The van der Waals surface area contributed by atoms with Gasteiger partial charge < -0.3 is 19.9 Å². The number of halogens is 1. The zero-order chi connectivity index (χ0) is 20.1. The van der Waals surface area contributed by atoms with Crippen molar-refractivity contribution < 1.29 is 24.2 Å². The van der Waals surface area contributed by atoms with E-state index in [9.17, 15) is 9.59 Å². The van der Waals surface area contributed by atoms with E-state index < -0.39 is 12.6 Å². The first-order valence-corrected chi connectivity index (χ1v) is 9.22. The monoisotopic (exact) mass is 418 g/mol. The van der Waals surface area contributed by atoms with Crippen LogP contribution in [0.5, 0.6) is 11.5 Å². The lowest BCUT2D eigenvalue weighted by Gasteiger charge is -2.09. The van der Waals surface area contributed by atoms with Gasteiger partial charge in [-0.2, -0.15) is 0 Å². The molecule has 1 heterocycles. The van der Waals surface area contributed by atoms with Gasteiger partial charge in [0.2, 0.25) is 0 Å². The standard InChI is InChI=1S/C19H15ClN2O5S/c1-26-15-8-11(2-7-14(15)27-10-17(23)24)9-16-18(25)22-19(28-16)21-13-5-3-12(20)4-6-13/h2-9H,10H2,1H3,(H,23,24)(H,21,22,25)/b16-9-. The number of benzene rings is 2. The Morgan fingerprint density at radius 3 is 2.68 bits per heavy atom. The number of aliphatic carboxylic acids is 1. The number of nitrogens with one attached hydrogen (secondary N) is 1. The van der Waals surface area contributed by atoms with E-state index in [-0.39, 0.29) is 5.91 Å². The number of carbonyl (C=O) groups excluding carboxylic acids is 1. The molecule has 1 amide bonds. The van der Waals surface area contributed by atoms with E-state index in [1.54, 1.807) is 48.5 Å². The summed E-state index contributed by atoms with van der Waals surface area (Å²) in [5.41, 5.74) is 1.37. The first kappa shape index (κ1) is 19.8. The molecule has 0 aliphatic carbocycles. The number of carboxylic acids is 1. The highest BCUT2D eigenvalue weighted by Gasteiger charge is 2.24. The second-order valence-corrected chi connectivity index (χ2v) is 7.02. The van der Waals surface area contributed by atoms with Crippen molar-refractivity contribution in [2.24, 2.45) is 4.99 Å². The Bertz CT molecular complexity index is 973. The molecule has 28 heavy (non-hydrogen) atoms. The second kappa shape index (κ2) is 8.81. The molecular formula is C19H15ClN2O5S. The van der Waals surface area contributed by atoms with Crippen LogP contribution in [0.1, 0.15) is 5.56 Å². The molecule has 3 rings (SSSR count). The minimum absolute atomic E-state index is 0.261. The van der Waals surface area contributed by atoms with Crippen molar-refractivity contribution in [3.05, 3.63) is 58.0 Å². The Labute approximate surface area is 170 Å². The Balaban J connectivity index is 1.78. The summed E-state index contributed by atoms with van der Waals surface area (Å²) in [6.45, 7) is -0.473. The minimum atomic E-state index is -1.08. The minimum Gasteiger partial charge on any atom is -0.493 e. The first-order chi connectivity index (χ1) is 13.4. The summed E-state index contributed by atoms with van der Waals surface area (Å²) in [4.78, 5) is 27.7. The molecule has 144 valence electrons. The molecule has 0 atom stereocenters. The van der Waals surface area contributed by atoms with Gasteiger partial charge in [0.05, 0.1) is 17.7 Å². The number of rotatable bonds is 6. The lowest BCUT2D eigenvalue weighted by atomic mass is 10.2. The van der Waals surface area contributed by atoms with Crippen molar-refractivity contribution >= 4 is 52.2 Å². The molecule has 0 aromatic heterocycles. The maximum absolute atomic E-state index is 12.2. The number of amides is 1. The van der Waals surface area contributed by atoms with Gasteiger partial charge in [-0.25, -0.2) is 9.79 Å². The number of thioether (sulfide) groups is 1. The number of nitrogens with zero attached hydrogens (tertiary/aromatic N) is 1. The molecule has 1 saturated heterocycles. The fourth-order valence-corrected chi connectivity index (χ4v) is 3.27. The summed E-state index contributed by atoms with van der Waals surface area (Å²) in [6.07, 6.45) is 1.69. The topological polar surface area (TPSA) is 97.2 Å². The molecule has 0 unspecified atom stereocenters. The van der Waals surface area contributed by atoms with E-state index in [4.69, 9.17) is 26.2 Å². The molecule has 7 nitrogen and oxygen atoms in total. The van der Waals surface area contributed by atoms with E-state index >= 15 is 0 Å². The lowest BCUT2D eigenvalue weighted by Crippen LogP contribution is -2.19.